The lowest BCUT2D eigenvalue weighted by molar-refractivity contribution is 0.0164. The van der Waals surface area contributed by atoms with Gasteiger partial charge in [0, 0.05) is 31.4 Å². The molecule has 1 heterocycles. The summed E-state index contributed by atoms with van der Waals surface area (Å²) in [4.78, 5) is 17.8. The number of rotatable bonds is 5. The number of carbonyl (C=O) groups excluding carboxylic acids is 1. The fourth-order valence-corrected chi connectivity index (χ4v) is 1.70. The van der Waals surface area contributed by atoms with Crippen molar-refractivity contribution in [1.82, 2.24) is 9.88 Å². The van der Waals surface area contributed by atoms with Crippen molar-refractivity contribution in [2.75, 3.05) is 13.1 Å². The van der Waals surface area contributed by atoms with E-state index in [-0.39, 0.29) is 6.54 Å². The highest BCUT2D eigenvalue weighted by Crippen LogP contribution is 2.11. The molecule has 5 heteroatoms. The van der Waals surface area contributed by atoms with Crippen LogP contribution in [0.2, 0.25) is 0 Å². The molecule has 0 saturated carbocycles. The molecule has 0 fully saturated rings. The molecule has 0 bridgehead atoms. The van der Waals surface area contributed by atoms with Gasteiger partial charge >= 0.3 is 6.09 Å². The summed E-state index contributed by atoms with van der Waals surface area (Å²) in [5, 5.41) is 9.50. The fourth-order valence-electron chi connectivity index (χ4n) is 1.70. The van der Waals surface area contributed by atoms with Crippen molar-refractivity contribution >= 4 is 6.09 Å². The van der Waals surface area contributed by atoms with Crippen molar-refractivity contribution in [3.8, 4) is 0 Å². The van der Waals surface area contributed by atoms with Gasteiger partial charge in [0.05, 0.1) is 6.10 Å². The van der Waals surface area contributed by atoms with Crippen LogP contribution in [0.4, 0.5) is 4.79 Å². The maximum absolute atomic E-state index is 12.1. The van der Waals surface area contributed by atoms with Gasteiger partial charge in [-0.05, 0) is 39.8 Å². The molecule has 112 valence electrons. The van der Waals surface area contributed by atoms with Crippen LogP contribution < -0.4 is 0 Å². The van der Waals surface area contributed by atoms with Crippen molar-refractivity contribution in [1.29, 1.82) is 0 Å². The Kier molecular flexibility index (Phi) is 5.95. The SMILES string of the molecule is C[C@H](O)CN(CCc1ccccn1)C(=O)OC(C)(C)C. The zero-order valence-corrected chi connectivity index (χ0v) is 12.7. The molecule has 0 aliphatic carbocycles. The molecule has 1 rings (SSSR count). The Labute approximate surface area is 120 Å². The molecule has 0 saturated heterocycles. The van der Waals surface area contributed by atoms with Gasteiger partial charge in [-0.3, -0.25) is 4.98 Å². The molecule has 0 spiro atoms. The van der Waals surface area contributed by atoms with E-state index in [0.29, 0.717) is 13.0 Å². The predicted octanol–water partition coefficient (Wildman–Crippen LogP) is 2.24. The van der Waals surface area contributed by atoms with Gasteiger partial charge in [-0.2, -0.15) is 0 Å². The van der Waals surface area contributed by atoms with Crippen LogP contribution in [0.5, 0.6) is 0 Å². The standard InChI is InChI=1S/C15H24N2O3/c1-12(18)11-17(14(19)20-15(2,3)4)10-8-13-7-5-6-9-16-13/h5-7,9,12,18H,8,10-11H2,1-4H3/t12-/m0/s1. The summed E-state index contributed by atoms with van der Waals surface area (Å²) in [6, 6.07) is 5.68. The van der Waals surface area contributed by atoms with Gasteiger partial charge < -0.3 is 14.7 Å². The van der Waals surface area contributed by atoms with Crippen LogP contribution in [-0.2, 0) is 11.2 Å². The van der Waals surface area contributed by atoms with Crippen molar-refractivity contribution in [2.24, 2.45) is 0 Å². The van der Waals surface area contributed by atoms with Gasteiger partial charge in [-0.1, -0.05) is 6.07 Å². The number of aromatic nitrogens is 1. The van der Waals surface area contributed by atoms with Crippen LogP contribution in [0.25, 0.3) is 0 Å². The first-order valence-electron chi connectivity index (χ1n) is 6.84. The molecule has 1 aromatic heterocycles. The summed E-state index contributed by atoms with van der Waals surface area (Å²) in [5.41, 5.74) is 0.366. The van der Waals surface area contributed by atoms with E-state index in [9.17, 15) is 9.90 Å². The van der Waals surface area contributed by atoms with Gasteiger partial charge in [0.1, 0.15) is 5.60 Å². The van der Waals surface area contributed by atoms with E-state index < -0.39 is 17.8 Å². The van der Waals surface area contributed by atoms with E-state index in [1.165, 1.54) is 4.90 Å². The summed E-state index contributed by atoms with van der Waals surface area (Å²) in [5.74, 6) is 0. The number of aliphatic hydroxyl groups excluding tert-OH is 1. The second kappa shape index (κ2) is 7.24. The van der Waals surface area contributed by atoms with Gasteiger partial charge in [0.2, 0.25) is 0 Å². The van der Waals surface area contributed by atoms with Crippen molar-refractivity contribution in [3.63, 3.8) is 0 Å². The second-order valence-corrected chi connectivity index (χ2v) is 5.85. The first-order chi connectivity index (χ1) is 9.28. The largest absolute Gasteiger partial charge is 0.444 e. The highest BCUT2D eigenvalue weighted by Gasteiger charge is 2.22. The minimum Gasteiger partial charge on any atom is -0.444 e. The minimum atomic E-state index is -0.591. The van der Waals surface area contributed by atoms with Crippen LogP contribution in [0.3, 0.4) is 0 Å². The van der Waals surface area contributed by atoms with Crippen molar-refractivity contribution in [3.05, 3.63) is 30.1 Å². The third-order valence-electron chi connectivity index (χ3n) is 2.50. The zero-order chi connectivity index (χ0) is 15.2. The van der Waals surface area contributed by atoms with Gasteiger partial charge in [0.25, 0.3) is 0 Å². The smallest absolute Gasteiger partial charge is 0.410 e. The lowest BCUT2D eigenvalue weighted by atomic mass is 10.2. The Morgan fingerprint density at radius 3 is 2.65 bits per heavy atom. The molecule has 20 heavy (non-hydrogen) atoms. The maximum Gasteiger partial charge on any atom is 0.410 e. The Morgan fingerprint density at radius 2 is 2.15 bits per heavy atom. The minimum absolute atomic E-state index is 0.252. The maximum atomic E-state index is 12.1. The number of hydrogen-bond acceptors (Lipinski definition) is 4. The topological polar surface area (TPSA) is 62.7 Å². The Hall–Kier alpha value is -1.62. The highest BCUT2D eigenvalue weighted by molar-refractivity contribution is 5.68. The third-order valence-corrected chi connectivity index (χ3v) is 2.50. The number of nitrogens with zero attached hydrogens (tertiary/aromatic N) is 2. The van der Waals surface area contributed by atoms with Crippen LogP contribution in [0.1, 0.15) is 33.4 Å². The lowest BCUT2D eigenvalue weighted by Gasteiger charge is -2.28. The Balaban J connectivity index is 2.62. The predicted molar refractivity (Wildman–Crippen MR) is 77.4 cm³/mol. The van der Waals surface area contributed by atoms with Crippen molar-refractivity contribution < 1.29 is 14.6 Å². The number of aliphatic hydroxyl groups is 1. The highest BCUT2D eigenvalue weighted by atomic mass is 16.6. The molecule has 5 nitrogen and oxygen atoms in total. The molecule has 0 aromatic carbocycles. The number of pyridine rings is 1. The first kappa shape index (κ1) is 16.4. The summed E-state index contributed by atoms with van der Waals surface area (Å²) in [6.45, 7) is 7.84. The van der Waals surface area contributed by atoms with Crippen molar-refractivity contribution in [2.45, 2.75) is 45.8 Å². The van der Waals surface area contributed by atoms with E-state index in [1.54, 1.807) is 13.1 Å². The number of ether oxygens (including phenoxy) is 1. The summed E-state index contributed by atoms with van der Waals surface area (Å²) in [7, 11) is 0. The second-order valence-electron chi connectivity index (χ2n) is 5.85. The Bertz CT molecular complexity index is 413. The molecule has 0 radical (unpaired) electrons. The number of hydrogen-bond donors (Lipinski definition) is 1. The van der Waals surface area contributed by atoms with E-state index in [2.05, 4.69) is 4.98 Å². The molecule has 0 aliphatic rings. The summed E-state index contributed by atoms with van der Waals surface area (Å²) >= 11 is 0. The van der Waals surface area contributed by atoms with E-state index >= 15 is 0 Å². The fraction of sp³-hybridized carbons (Fsp3) is 0.600. The summed E-state index contributed by atoms with van der Waals surface area (Å²) in [6.07, 6.45) is 1.36. The van der Waals surface area contributed by atoms with Crippen LogP contribution in [-0.4, -0.2) is 45.9 Å². The molecule has 1 amide bonds. The number of amides is 1. The molecule has 1 N–H and O–H groups in total. The number of carbonyl (C=O) groups is 1. The van der Waals surface area contributed by atoms with Crippen LogP contribution >= 0.6 is 0 Å². The van der Waals surface area contributed by atoms with Gasteiger partial charge in [0.15, 0.2) is 0 Å². The summed E-state index contributed by atoms with van der Waals surface area (Å²) < 4.78 is 5.34. The van der Waals surface area contributed by atoms with E-state index in [4.69, 9.17) is 4.74 Å². The van der Waals surface area contributed by atoms with E-state index in [0.717, 1.165) is 5.69 Å². The van der Waals surface area contributed by atoms with E-state index in [1.807, 2.05) is 39.0 Å². The van der Waals surface area contributed by atoms with Gasteiger partial charge in [-0.15, -0.1) is 0 Å². The monoisotopic (exact) mass is 280 g/mol. The molecular weight excluding hydrogens is 256 g/mol. The first-order valence-corrected chi connectivity index (χ1v) is 6.84. The van der Waals surface area contributed by atoms with Crippen LogP contribution in [0, 0.1) is 0 Å². The molecule has 1 atom stereocenters. The third kappa shape index (κ3) is 6.52. The molecular formula is C15H24N2O3. The average molecular weight is 280 g/mol. The Morgan fingerprint density at radius 1 is 1.45 bits per heavy atom. The zero-order valence-electron chi connectivity index (χ0n) is 12.7. The molecule has 0 aliphatic heterocycles. The van der Waals surface area contributed by atoms with Crippen LogP contribution in [0.15, 0.2) is 24.4 Å². The normalized spacial score (nSPS) is 12.8. The molecule has 1 aromatic rings. The quantitative estimate of drug-likeness (QED) is 0.898. The lowest BCUT2D eigenvalue weighted by Crippen LogP contribution is -2.41. The van der Waals surface area contributed by atoms with Gasteiger partial charge in [-0.25, -0.2) is 4.79 Å². The average Bonchev–Trinajstić information content (AvgIpc) is 2.33. The molecule has 0 unspecified atom stereocenters.